The lowest BCUT2D eigenvalue weighted by atomic mass is 10.1. The van der Waals surface area contributed by atoms with Crippen LogP contribution in [0.2, 0.25) is 5.02 Å². The van der Waals surface area contributed by atoms with Crippen molar-refractivity contribution < 1.29 is 22.6 Å². The highest BCUT2D eigenvalue weighted by Crippen LogP contribution is 2.37. The van der Waals surface area contributed by atoms with Crippen molar-refractivity contribution in [3.8, 4) is 11.5 Å². The predicted molar refractivity (Wildman–Crippen MR) is 105 cm³/mol. The number of rotatable bonds is 8. The summed E-state index contributed by atoms with van der Waals surface area (Å²) in [5, 5.41) is -0.367. The molecule has 0 amide bonds. The molecule has 0 heterocycles. The van der Waals surface area contributed by atoms with Gasteiger partial charge in [-0.25, -0.2) is 0 Å². The molecule has 0 bridgehead atoms. The summed E-state index contributed by atoms with van der Waals surface area (Å²) >= 11 is 5.66. The zero-order valence-corrected chi connectivity index (χ0v) is 16.6. The van der Waals surface area contributed by atoms with Crippen molar-refractivity contribution in [3.63, 3.8) is 0 Å². The van der Waals surface area contributed by atoms with Crippen molar-refractivity contribution in [2.45, 2.75) is 13.1 Å². The van der Waals surface area contributed by atoms with Gasteiger partial charge in [-0.05, 0) is 51.4 Å². The molecule has 2 aromatic carbocycles. The normalized spacial score (nSPS) is 12.0. The fourth-order valence-electron chi connectivity index (χ4n) is 2.35. The van der Waals surface area contributed by atoms with Gasteiger partial charge in [0.25, 0.3) is 0 Å². The van der Waals surface area contributed by atoms with E-state index in [2.05, 4.69) is 4.99 Å². The van der Waals surface area contributed by atoms with Gasteiger partial charge in [-0.15, -0.1) is 0 Å². The minimum absolute atomic E-state index is 0.127. The summed E-state index contributed by atoms with van der Waals surface area (Å²) in [4.78, 5) is 6.16. The van der Waals surface area contributed by atoms with Crippen molar-refractivity contribution >= 4 is 23.5 Å². The van der Waals surface area contributed by atoms with Gasteiger partial charge >= 0.3 is 6.18 Å². The maximum atomic E-state index is 13.0. The molecule has 0 aliphatic heterocycles. The highest BCUT2D eigenvalue weighted by molar-refractivity contribution is 6.31. The largest absolute Gasteiger partial charge is 0.493 e. The molecule has 0 N–H and O–H groups in total. The third-order valence-electron chi connectivity index (χ3n) is 3.72. The molecule has 0 aliphatic carbocycles. The minimum atomic E-state index is -4.55. The highest BCUT2D eigenvalue weighted by atomic mass is 35.5. The molecular formula is C20H22ClF3N2O2. The molecule has 8 heteroatoms. The second-order valence-electron chi connectivity index (χ2n) is 6.17. The smallest absolute Gasteiger partial charge is 0.417 e. The highest BCUT2D eigenvalue weighted by Gasteiger charge is 2.33. The lowest BCUT2D eigenvalue weighted by Crippen LogP contribution is -2.19. The van der Waals surface area contributed by atoms with Crippen molar-refractivity contribution in [2.24, 2.45) is 4.99 Å². The molecule has 152 valence electrons. The Morgan fingerprint density at radius 2 is 1.79 bits per heavy atom. The number of nitrogens with zero attached hydrogens (tertiary/aromatic N) is 2. The first-order valence-electron chi connectivity index (χ1n) is 8.66. The van der Waals surface area contributed by atoms with Gasteiger partial charge in [0, 0.05) is 12.8 Å². The van der Waals surface area contributed by atoms with Crippen LogP contribution in [0.1, 0.15) is 18.1 Å². The van der Waals surface area contributed by atoms with Crippen molar-refractivity contribution in [3.05, 3.63) is 52.5 Å². The van der Waals surface area contributed by atoms with Gasteiger partial charge in [0.2, 0.25) is 0 Å². The van der Waals surface area contributed by atoms with Gasteiger partial charge < -0.3 is 14.4 Å². The number of alkyl halides is 3. The van der Waals surface area contributed by atoms with E-state index in [0.29, 0.717) is 36.8 Å². The summed E-state index contributed by atoms with van der Waals surface area (Å²) < 4.78 is 50.5. The standard InChI is InChI=1S/C20H22ClF3N2O2/c1-4-27-18-6-5-7-19(28-11-10-26(2)3)15(18)13-25-14-8-9-17(21)16(12-14)20(22,23)24/h5-9,12-13H,4,10-11H2,1-3H3. The quantitative estimate of drug-likeness (QED) is 0.539. The molecule has 28 heavy (non-hydrogen) atoms. The van der Waals surface area contributed by atoms with E-state index in [1.54, 1.807) is 18.2 Å². The average Bonchev–Trinajstić information content (AvgIpc) is 2.61. The van der Waals surface area contributed by atoms with Crippen LogP contribution in [0.4, 0.5) is 18.9 Å². The Morgan fingerprint density at radius 3 is 2.39 bits per heavy atom. The molecule has 0 radical (unpaired) electrons. The van der Waals surface area contributed by atoms with Crippen LogP contribution >= 0.6 is 11.6 Å². The fourth-order valence-corrected chi connectivity index (χ4v) is 2.57. The van der Waals surface area contributed by atoms with Gasteiger partial charge in [-0.2, -0.15) is 13.2 Å². The van der Waals surface area contributed by atoms with Crippen LogP contribution in [-0.4, -0.2) is 45.0 Å². The Labute approximate surface area is 167 Å². The Hall–Kier alpha value is -2.25. The molecule has 4 nitrogen and oxygen atoms in total. The van der Waals surface area contributed by atoms with E-state index in [4.69, 9.17) is 21.1 Å². The van der Waals surface area contributed by atoms with E-state index in [1.807, 2.05) is 25.9 Å². The predicted octanol–water partition coefficient (Wildman–Crippen LogP) is 5.45. The molecule has 0 spiro atoms. The first kappa shape index (κ1) is 22.0. The Balaban J connectivity index is 2.35. The molecule has 0 fully saturated rings. The lowest BCUT2D eigenvalue weighted by molar-refractivity contribution is -0.137. The van der Waals surface area contributed by atoms with E-state index in [1.165, 1.54) is 18.3 Å². The number of hydrogen-bond acceptors (Lipinski definition) is 4. The zero-order chi connectivity index (χ0) is 20.7. The van der Waals surface area contributed by atoms with Gasteiger partial charge in [0.05, 0.1) is 28.4 Å². The first-order valence-corrected chi connectivity index (χ1v) is 9.04. The number of benzene rings is 2. The maximum absolute atomic E-state index is 13.0. The summed E-state index contributed by atoms with van der Waals surface area (Å²) in [6.07, 6.45) is -3.11. The van der Waals surface area contributed by atoms with E-state index in [-0.39, 0.29) is 10.7 Å². The molecular weight excluding hydrogens is 393 g/mol. The van der Waals surface area contributed by atoms with Crippen LogP contribution in [0.15, 0.2) is 41.4 Å². The van der Waals surface area contributed by atoms with Crippen LogP contribution < -0.4 is 9.47 Å². The second-order valence-corrected chi connectivity index (χ2v) is 6.58. The SMILES string of the molecule is CCOc1cccc(OCCN(C)C)c1C=Nc1ccc(Cl)c(C(F)(F)F)c1. The Kier molecular flexibility index (Phi) is 7.71. The molecule has 0 atom stereocenters. The fraction of sp³-hybridized carbons (Fsp3) is 0.350. The Morgan fingerprint density at radius 1 is 1.11 bits per heavy atom. The number of hydrogen-bond donors (Lipinski definition) is 0. The van der Waals surface area contributed by atoms with E-state index >= 15 is 0 Å². The molecule has 0 unspecified atom stereocenters. The first-order chi connectivity index (χ1) is 13.2. The molecule has 0 saturated carbocycles. The molecule has 0 saturated heterocycles. The number of likely N-dealkylation sites (N-methyl/N-ethyl adjacent to an activating group) is 1. The van der Waals surface area contributed by atoms with Gasteiger partial charge in [0.15, 0.2) is 0 Å². The van der Waals surface area contributed by atoms with Crippen molar-refractivity contribution in [1.29, 1.82) is 0 Å². The van der Waals surface area contributed by atoms with Crippen LogP contribution in [0.5, 0.6) is 11.5 Å². The lowest BCUT2D eigenvalue weighted by Gasteiger charge is -2.15. The zero-order valence-electron chi connectivity index (χ0n) is 15.9. The second kappa shape index (κ2) is 9.80. The van der Waals surface area contributed by atoms with Crippen LogP contribution in [0.3, 0.4) is 0 Å². The number of ether oxygens (including phenoxy) is 2. The van der Waals surface area contributed by atoms with E-state index < -0.39 is 11.7 Å². The summed E-state index contributed by atoms with van der Waals surface area (Å²) in [5.41, 5.74) is -0.238. The summed E-state index contributed by atoms with van der Waals surface area (Å²) in [6, 6.07) is 8.82. The molecule has 0 aromatic heterocycles. The molecule has 0 aliphatic rings. The van der Waals surface area contributed by atoms with Crippen LogP contribution in [0.25, 0.3) is 0 Å². The van der Waals surface area contributed by atoms with Gasteiger partial charge in [0.1, 0.15) is 18.1 Å². The maximum Gasteiger partial charge on any atom is 0.417 e. The van der Waals surface area contributed by atoms with E-state index in [9.17, 15) is 13.2 Å². The van der Waals surface area contributed by atoms with E-state index in [0.717, 1.165) is 6.07 Å². The van der Waals surface area contributed by atoms with Gasteiger partial charge in [-0.3, -0.25) is 4.99 Å². The van der Waals surface area contributed by atoms with Crippen molar-refractivity contribution in [1.82, 2.24) is 4.90 Å². The van der Waals surface area contributed by atoms with Crippen LogP contribution in [0, 0.1) is 0 Å². The average molecular weight is 415 g/mol. The topological polar surface area (TPSA) is 34.1 Å². The monoisotopic (exact) mass is 414 g/mol. The third kappa shape index (κ3) is 6.14. The number of halogens is 4. The minimum Gasteiger partial charge on any atom is -0.493 e. The number of aliphatic imine (C=N–C) groups is 1. The van der Waals surface area contributed by atoms with Crippen LogP contribution in [-0.2, 0) is 6.18 Å². The Bertz CT molecular complexity index is 824. The third-order valence-corrected chi connectivity index (χ3v) is 4.05. The summed E-state index contributed by atoms with van der Waals surface area (Å²) in [5.74, 6) is 1.08. The van der Waals surface area contributed by atoms with Gasteiger partial charge in [-0.1, -0.05) is 17.7 Å². The van der Waals surface area contributed by atoms with Crippen molar-refractivity contribution in [2.75, 3.05) is 33.9 Å². The molecule has 2 rings (SSSR count). The molecule has 2 aromatic rings. The summed E-state index contributed by atoms with van der Waals surface area (Å²) in [6.45, 7) is 3.43. The summed E-state index contributed by atoms with van der Waals surface area (Å²) in [7, 11) is 3.86.